The maximum atomic E-state index is 9.61. The zero-order valence-corrected chi connectivity index (χ0v) is 10.5. The molecule has 0 spiro atoms. The fraction of sp³-hybridized carbons (Fsp3) is 0.462. The summed E-state index contributed by atoms with van der Waals surface area (Å²) in [6.07, 6.45) is -1.55. The zero-order chi connectivity index (χ0) is 14.1. The van der Waals surface area contributed by atoms with Gasteiger partial charge in [0, 0.05) is 13.1 Å². The summed E-state index contributed by atoms with van der Waals surface area (Å²) >= 11 is 0. The molecule has 1 aromatic rings. The monoisotopic (exact) mass is 266 g/mol. The molecule has 6 heteroatoms. The number of nitriles is 1. The van der Waals surface area contributed by atoms with Crippen molar-refractivity contribution >= 4 is 0 Å². The summed E-state index contributed by atoms with van der Waals surface area (Å²) in [5, 5.41) is 38.7. The number of aliphatic hydroxyl groups is 3. The lowest BCUT2D eigenvalue weighted by atomic mass is 10.2. The summed E-state index contributed by atoms with van der Waals surface area (Å²) in [5.41, 5.74) is 0.549. The van der Waals surface area contributed by atoms with Gasteiger partial charge in [-0.1, -0.05) is 0 Å². The highest BCUT2D eigenvalue weighted by molar-refractivity contribution is 5.34. The van der Waals surface area contributed by atoms with Crippen LogP contribution >= 0.6 is 0 Å². The van der Waals surface area contributed by atoms with Gasteiger partial charge in [-0.3, -0.25) is 0 Å². The normalized spacial score (nSPS) is 13.6. The van der Waals surface area contributed by atoms with Gasteiger partial charge in [0.25, 0.3) is 0 Å². The van der Waals surface area contributed by atoms with Crippen molar-refractivity contribution in [2.75, 3.05) is 26.3 Å². The third-order valence-electron chi connectivity index (χ3n) is 2.40. The molecular formula is C13H18N2O4. The average molecular weight is 266 g/mol. The number of nitrogens with one attached hydrogen (secondary N) is 1. The van der Waals surface area contributed by atoms with Gasteiger partial charge in [-0.15, -0.1) is 0 Å². The zero-order valence-electron chi connectivity index (χ0n) is 10.5. The van der Waals surface area contributed by atoms with Crippen molar-refractivity contribution in [2.45, 2.75) is 12.2 Å². The van der Waals surface area contributed by atoms with E-state index in [1.165, 1.54) is 0 Å². The number of rotatable bonds is 8. The Morgan fingerprint density at radius 3 is 2.37 bits per heavy atom. The minimum absolute atomic E-state index is 0.105. The fourth-order valence-corrected chi connectivity index (χ4v) is 1.36. The first kappa shape index (κ1) is 15.4. The van der Waals surface area contributed by atoms with Crippen molar-refractivity contribution in [3.8, 4) is 11.8 Å². The van der Waals surface area contributed by atoms with Crippen LogP contribution in [0.2, 0.25) is 0 Å². The summed E-state index contributed by atoms with van der Waals surface area (Å²) in [7, 11) is 0. The molecule has 0 aliphatic carbocycles. The van der Waals surface area contributed by atoms with Crippen LogP contribution in [-0.2, 0) is 0 Å². The first-order valence-electron chi connectivity index (χ1n) is 5.96. The topological polar surface area (TPSA) is 106 Å². The number of ether oxygens (including phenoxy) is 1. The Balaban J connectivity index is 2.22. The summed E-state index contributed by atoms with van der Waals surface area (Å²) in [4.78, 5) is 0. The number of hydrogen-bond acceptors (Lipinski definition) is 6. The molecule has 0 saturated heterocycles. The van der Waals surface area contributed by atoms with Gasteiger partial charge in [-0.05, 0) is 24.3 Å². The predicted molar refractivity (Wildman–Crippen MR) is 68.6 cm³/mol. The van der Waals surface area contributed by atoms with Gasteiger partial charge in [0.1, 0.15) is 18.5 Å². The molecule has 0 aliphatic heterocycles. The second-order valence-corrected chi connectivity index (χ2v) is 4.10. The van der Waals surface area contributed by atoms with Gasteiger partial charge in [-0.2, -0.15) is 5.26 Å². The Kier molecular flexibility index (Phi) is 6.85. The second-order valence-electron chi connectivity index (χ2n) is 4.10. The third-order valence-corrected chi connectivity index (χ3v) is 2.40. The molecule has 0 amide bonds. The first-order chi connectivity index (χ1) is 9.15. The van der Waals surface area contributed by atoms with Crippen LogP contribution in [0.5, 0.6) is 5.75 Å². The minimum Gasteiger partial charge on any atom is -0.491 e. The van der Waals surface area contributed by atoms with Gasteiger partial charge >= 0.3 is 0 Å². The summed E-state index contributed by atoms with van der Waals surface area (Å²) in [6, 6.07) is 8.60. The van der Waals surface area contributed by atoms with Gasteiger partial charge in [0.05, 0.1) is 24.3 Å². The van der Waals surface area contributed by atoms with E-state index in [9.17, 15) is 5.11 Å². The van der Waals surface area contributed by atoms with E-state index in [0.717, 1.165) is 0 Å². The van der Waals surface area contributed by atoms with E-state index in [1.54, 1.807) is 24.3 Å². The van der Waals surface area contributed by atoms with Gasteiger partial charge in [0.2, 0.25) is 0 Å². The number of benzene rings is 1. The number of aliphatic hydroxyl groups excluding tert-OH is 3. The Morgan fingerprint density at radius 2 is 1.79 bits per heavy atom. The number of nitrogens with zero attached hydrogens (tertiary/aromatic N) is 1. The Bertz CT molecular complexity index is 402. The van der Waals surface area contributed by atoms with E-state index in [-0.39, 0.29) is 26.3 Å². The van der Waals surface area contributed by atoms with Crippen LogP contribution in [0.1, 0.15) is 5.56 Å². The Morgan fingerprint density at radius 1 is 1.16 bits per heavy atom. The highest BCUT2D eigenvalue weighted by Crippen LogP contribution is 2.11. The van der Waals surface area contributed by atoms with Crippen LogP contribution in [0.25, 0.3) is 0 Å². The van der Waals surface area contributed by atoms with E-state index in [1.807, 2.05) is 6.07 Å². The molecule has 104 valence electrons. The average Bonchev–Trinajstić information content (AvgIpc) is 2.45. The summed E-state index contributed by atoms with van der Waals surface area (Å²) < 4.78 is 5.34. The molecule has 2 unspecified atom stereocenters. The Hall–Kier alpha value is -1.65. The molecule has 0 heterocycles. The molecule has 2 atom stereocenters. The molecular weight excluding hydrogens is 248 g/mol. The van der Waals surface area contributed by atoms with E-state index in [0.29, 0.717) is 11.3 Å². The molecule has 0 fully saturated rings. The lowest BCUT2D eigenvalue weighted by Gasteiger charge is -2.14. The van der Waals surface area contributed by atoms with E-state index in [2.05, 4.69) is 5.32 Å². The van der Waals surface area contributed by atoms with Crippen LogP contribution in [0, 0.1) is 11.3 Å². The van der Waals surface area contributed by atoms with E-state index in [4.69, 9.17) is 20.2 Å². The standard InChI is InChI=1S/C13H18N2O4/c14-5-10-1-3-13(4-2-10)19-9-12(18)7-15-6-11(17)8-16/h1-4,11-12,15-18H,6-9H2. The SMILES string of the molecule is N#Cc1ccc(OCC(O)CNCC(O)CO)cc1. The Labute approximate surface area is 111 Å². The molecule has 19 heavy (non-hydrogen) atoms. The van der Waals surface area contributed by atoms with Gasteiger partial charge < -0.3 is 25.4 Å². The summed E-state index contributed by atoms with van der Waals surface area (Å²) in [6.45, 7) is 0.261. The second kappa shape index (κ2) is 8.45. The molecule has 0 bridgehead atoms. The maximum absolute atomic E-state index is 9.61. The first-order valence-corrected chi connectivity index (χ1v) is 5.96. The predicted octanol–water partition coefficient (Wildman–Crippen LogP) is -0.759. The van der Waals surface area contributed by atoms with Crippen LogP contribution in [0.3, 0.4) is 0 Å². The lowest BCUT2D eigenvalue weighted by Crippen LogP contribution is -2.37. The van der Waals surface area contributed by atoms with Crippen molar-refractivity contribution in [3.63, 3.8) is 0 Å². The van der Waals surface area contributed by atoms with Crippen molar-refractivity contribution < 1.29 is 20.1 Å². The van der Waals surface area contributed by atoms with E-state index < -0.39 is 12.2 Å². The highest BCUT2D eigenvalue weighted by atomic mass is 16.5. The fourth-order valence-electron chi connectivity index (χ4n) is 1.36. The number of hydrogen-bond donors (Lipinski definition) is 4. The molecule has 0 aromatic heterocycles. The molecule has 1 aromatic carbocycles. The van der Waals surface area contributed by atoms with Crippen LogP contribution in [0.4, 0.5) is 0 Å². The third kappa shape index (κ3) is 6.18. The molecule has 0 aliphatic rings. The van der Waals surface area contributed by atoms with Crippen molar-refractivity contribution in [1.29, 1.82) is 5.26 Å². The van der Waals surface area contributed by atoms with Gasteiger partial charge in [-0.25, -0.2) is 0 Å². The largest absolute Gasteiger partial charge is 0.491 e. The molecule has 4 N–H and O–H groups in total. The van der Waals surface area contributed by atoms with Crippen LogP contribution in [-0.4, -0.2) is 53.8 Å². The minimum atomic E-state index is -0.827. The molecule has 6 nitrogen and oxygen atoms in total. The molecule has 1 rings (SSSR count). The molecule has 0 radical (unpaired) electrons. The van der Waals surface area contributed by atoms with Crippen molar-refractivity contribution in [3.05, 3.63) is 29.8 Å². The van der Waals surface area contributed by atoms with Gasteiger partial charge in [0.15, 0.2) is 0 Å². The van der Waals surface area contributed by atoms with Crippen molar-refractivity contribution in [2.24, 2.45) is 0 Å². The smallest absolute Gasteiger partial charge is 0.119 e. The maximum Gasteiger partial charge on any atom is 0.119 e. The van der Waals surface area contributed by atoms with E-state index >= 15 is 0 Å². The summed E-state index contributed by atoms with van der Waals surface area (Å²) in [5.74, 6) is 0.577. The van der Waals surface area contributed by atoms with Crippen LogP contribution in [0.15, 0.2) is 24.3 Å². The quantitative estimate of drug-likeness (QED) is 0.493. The lowest BCUT2D eigenvalue weighted by molar-refractivity contribution is 0.0795. The molecule has 0 saturated carbocycles. The van der Waals surface area contributed by atoms with Crippen molar-refractivity contribution in [1.82, 2.24) is 5.32 Å². The van der Waals surface area contributed by atoms with Crippen LogP contribution < -0.4 is 10.1 Å². The highest BCUT2D eigenvalue weighted by Gasteiger charge is 2.07.